The lowest BCUT2D eigenvalue weighted by Gasteiger charge is -2.14. The lowest BCUT2D eigenvalue weighted by atomic mass is 10.2. The predicted octanol–water partition coefficient (Wildman–Crippen LogP) is 3.61. The third-order valence-corrected chi connectivity index (χ3v) is 3.46. The normalized spacial score (nSPS) is 12.3. The van der Waals surface area contributed by atoms with Gasteiger partial charge in [0.2, 0.25) is 0 Å². The molecule has 1 unspecified atom stereocenters. The number of hydrogen-bond acceptors (Lipinski definition) is 2. The Kier molecular flexibility index (Phi) is 5.06. The number of amides is 1. The molecule has 0 aliphatic rings. The van der Waals surface area contributed by atoms with E-state index in [0.717, 1.165) is 23.2 Å². The minimum atomic E-state index is -0.0526. The van der Waals surface area contributed by atoms with Crippen molar-refractivity contribution in [3.05, 3.63) is 46.6 Å². The van der Waals surface area contributed by atoms with Gasteiger partial charge in [0.05, 0.1) is 6.26 Å². The number of hydrogen-bond donors (Lipinski definition) is 1. The molecule has 2 aromatic rings. The van der Waals surface area contributed by atoms with Gasteiger partial charge >= 0.3 is 0 Å². The van der Waals surface area contributed by atoms with Crippen molar-refractivity contribution in [2.45, 2.75) is 39.3 Å². The van der Waals surface area contributed by atoms with Gasteiger partial charge in [0.1, 0.15) is 11.5 Å². The van der Waals surface area contributed by atoms with Crippen molar-refractivity contribution in [3.8, 4) is 0 Å². The van der Waals surface area contributed by atoms with Crippen LogP contribution in [-0.4, -0.2) is 16.5 Å². The highest BCUT2D eigenvalue weighted by Gasteiger charge is 2.15. The Bertz CT molecular complexity index is 560. The van der Waals surface area contributed by atoms with Gasteiger partial charge in [-0.15, -0.1) is 0 Å². The minimum Gasteiger partial charge on any atom is -0.469 e. The predicted molar refractivity (Wildman–Crippen MR) is 81.8 cm³/mol. The molecule has 0 saturated carbocycles. The fourth-order valence-electron chi connectivity index (χ4n) is 2.17. The van der Waals surface area contributed by atoms with Gasteiger partial charge in [-0.25, -0.2) is 0 Å². The third kappa shape index (κ3) is 3.76. The summed E-state index contributed by atoms with van der Waals surface area (Å²) in [4.78, 5) is 12.3. The summed E-state index contributed by atoms with van der Waals surface area (Å²) in [6.45, 7) is 4.90. The second kappa shape index (κ2) is 6.79. The zero-order valence-corrected chi connectivity index (χ0v) is 13.3. The van der Waals surface area contributed by atoms with E-state index in [-0.39, 0.29) is 11.9 Å². The SMILES string of the molecule is CCCn1cc(Br)cc1C(=O)NC(C)Cc1ccco1. The molecule has 0 fully saturated rings. The van der Waals surface area contributed by atoms with Crippen LogP contribution in [0.1, 0.15) is 36.5 Å². The van der Waals surface area contributed by atoms with Gasteiger partial charge in [-0.3, -0.25) is 4.79 Å². The van der Waals surface area contributed by atoms with Gasteiger partial charge in [0.15, 0.2) is 0 Å². The van der Waals surface area contributed by atoms with Crippen molar-refractivity contribution in [2.75, 3.05) is 0 Å². The highest BCUT2D eigenvalue weighted by atomic mass is 79.9. The first-order valence-electron chi connectivity index (χ1n) is 6.79. The summed E-state index contributed by atoms with van der Waals surface area (Å²) in [7, 11) is 0. The average molecular weight is 339 g/mol. The second-order valence-electron chi connectivity index (χ2n) is 4.89. The second-order valence-corrected chi connectivity index (χ2v) is 5.81. The summed E-state index contributed by atoms with van der Waals surface area (Å²) in [6, 6.07) is 5.65. The van der Waals surface area contributed by atoms with Crippen LogP contribution >= 0.6 is 15.9 Å². The first-order chi connectivity index (χ1) is 9.60. The van der Waals surface area contributed by atoms with E-state index in [2.05, 4.69) is 28.2 Å². The van der Waals surface area contributed by atoms with Gasteiger partial charge < -0.3 is 14.3 Å². The number of rotatable bonds is 6. The molecule has 20 heavy (non-hydrogen) atoms. The topological polar surface area (TPSA) is 47.2 Å². The zero-order chi connectivity index (χ0) is 14.5. The molecule has 0 radical (unpaired) electrons. The lowest BCUT2D eigenvalue weighted by Crippen LogP contribution is -2.35. The van der Waals surface area contributed by atoms with Gasteiger partial charge in [-0.2, -0.15) is 0 Å². The van der Waals surface area contributed by atoms with Crippen LogP contribution in [0.15, 0.2) is 39.5 Å². The number of halogens is 1. The maximum Gasteiger partial charge on any atom is 0.268 e. The molecule has 5 heteroatoms. The molecule has 4 nitrogen and oxygen atoms in total. The fourth-order valence-corrected chi connectivity index (χ4v) is 2.63. The monoisotopic (exact) mass is 338 g/mol. The summed E-state index contributed by atoms with van der Waals surface area (Å²) in [6.07, 6.45) is 5.26. The number of nitrogens with one attached hydrogen (secondary N) is 1. The Labute approximate surface area is 127 Å². The third-order valence-electron chi connectivity index (χ3n) is 3.03. The number of furan rings is 1. The number of nitrogens with zero attached hydrogens (tertiary/aromatic N) is 1. The van der Waals surface area contributed by atoms with Crippen LogP contribution in [0.4, 0.5) is 0 Å². The molecular weight excluding hydrogens is 320 g/mol. The van der Waals surface area contributed by atoms with E-state index < -0.39 is 0 Å². The lowest BCUT2D eigenvalue weighted by molar-refractivity contribution is 0.0929. The molecule has 0 aliphatic carbocycles. The molecule has 2 rings (SSSR count). The van der Waals surface area contributed by atoms with Gasteiger partial charge in [-0.1, -0.05) is 6.92 Å². The Morgan fingerprint density at radius 1 is 1.55 bits per heavy atom. The standard InChI is InChI=1S/C15H19BrN2O2/c1-3-6-18-10-12(16)9-14(18)15(19)17-11(2)8-13-5-4-7-20-13/h4-5,7,9-11H,3,6,8H2,1-2H3,(H,17,19). The van der Waals surface area contributed by atoms with Crippen LogP contribution in [0, 0.1) is 0 Å². The summed E-state index contributed by atoms with van der Waals surface area (Å²) in [5, 5.41) is 3.01. The van der Waals surface area contributed by atoms with Crippen molar-refractivity contribution in [1.82, 2.24) is 9.88 Å². The molecule has 0 aliphatic heterocycles. The van der Waals surface area contributed by atoms with E-state index in [4.69, 9.17) is 4.42 Å². The number of aromatic nitrogens is 1. The average Bonchev–Trinajstić information content (AvgIpc) is 2.99. The van der Waals surface area contributed by atoms with E-state index in [9.17, 15) is 4.79 Å². The van der Waals surface area contributed by atoms with Crippen LogP contribution in [0.25, 0.3) is 0 Å². The minimum absolute atomic E-state index is 0.0254. The van der Waals surface area contributed by atoms with Crippen LogP contribution in [0.3, 0.4) is 0 Å². The van der Waals surface area contributed by atoms with Crippen LogP contribution in [0.5, 0.6) is 0 Å². The van der Waals surface area contributed by atoms with Crippen molar-refractivity contribution >= 4 is 21.8 Å². The molecule has 0 saturated heterocycles. The molecule has 108 valence electrons. The van der Waals surface area contributed by atoms with Crippen LogP contribution in [-0.2, 0) is 13.0 Å². The zero-order valence-electron chi connectivity index (χ0n) is 11.7. The Morgan fingerprint density at radius 2 is 2.35 bits per heavy atom. The summed E-state index contributed by atoms with van der Waals surface area (Å²) in [5.74, 6) is 0.825. The number of carbonyl (C=O) groups excluding carboxylic acids is 1. The van der Waals surface area contributed by atoms with E-state index in [1.165, 1.54) is 0 Å². The van der Waals surface area contributed by atoms with Crippen LogP contribution < -0.4 is 5.32 Å². The van der Waals surface area contributed by atoms with Gasteiger partial charge in [0.25, 0.3) is 5.91 Å². The van der Waals surface area contributed by atoms with Crippen molar-refractivity contribution in [2.24, 2.45) is 0 Å². The molecule has 2 aromatic heterocycles. The first kappa shape index (κ1) is 14.9. The fraction of sp³-hybridized carbons (Fsp3) is 0.400. The Hall–Kier alpha value is -1.49. The molecule has 1 N–H and O–H groups in total. The molecule has 0 bridgehead atoms. The summed E-state index contributed by atoms with van der Waals surface area (Å²) < 4.78 is 8.19. The van der Waals surface area contributed by atoms with Crippen molar-refractivity contribution in [1.29, 1.82) is 0 Å². The van der Waals surface area contributed by atoms with E-state index >= 15 is 0 Å². The summed E-state index contributed by atoms with van der Waals surface area (Å²) in [5.41, 5.74) is 0.685. The Morgan fingerprint density at radius 3 is 3.00 bits per heavy atom. The van der Waals surface area contributed by atoms with E-state index in [1.807, 2.05) is 35.9 Å². The van der Waals surface area contributed by atoms with Gasteiger partial charge in [0, 0.05) is 29.7 Å². The van der Waals surface area contributed by atoms with Gasteiger partial charge in [-0.05, 0) is 47.5 Å². The molecule has 1 atom stereocenters. The number of carbonyl (C=O) groups is 1. The molecular formula is C15H19BrN2O2. The maximum atomic E-state index is 12.3. The number of aryl methyl sites for hydroxylation is 1. The highest BCUT2D eigenvalue weighted by Crippen LogP contribution is 2.16. The maximum absolute atomic E-state index is 12.3. The largest absolute Gasteiger partial charge is 0.469 e. The quantitative estimate of drug-likeness (QED) is 0.874. The molecule has 2 heterocycles. The van der Waals surface area contributed by atoms with Crippen molar-refractivity contribution < 1.29 is 9.21 Å². The summed E-state index contributed by atoms with van der Waals surface area (Å²) >= 11 is 3.42. The first-order valence-corrected chi connectivity index (χ1v) is 7.58. The highest BCUT2D eigenvalue weighted by molar-refractivity contribution is 9.10. The molecule has 1 amide bonds. The molecule has 0 aromatic carbocycles. The van der Waals surface area contributed by atoms with E-state index in [1.54, 1.807) is 6.26 Å². The molecule has 0 spiro atoms. The smallest absolute Gasteiger partial charge is 0.268 e. The van der Waals surface area contributed by atoms with Crippen molar-refractivity contribution in [3.63, 3.8) is 0 Å². The van der Waals surface area contributed by atoms with Crippen LogP contribution in [0.2, 0.25) is 0 Å². The van der Waals surface area contributed by atoms with E-state index in [0.29, 0.717) is 12.1 Å². The Balaban J connectivity index is 2.00.